The number of hydrogen-bond acceptors (Lipinski definition) is 2. The van der Waals surface area contributed by atoms with Crippen molar-refractivity contribution >= 4 is 5.91 Å². The molecule has 3 heteroatoms. The number of carbonyl (C=O) groups is 1. The van der Waals surface area contributed by atoms with Crippen LogP contribution in [0.15, 0.2) is 48.5 Å². The number of amides is 1. The molecular formula is C18H21NO2. The number of para-hydroxylation sites is 1. The molecule has 0 aliphatic rings. The van der Waals surface area contributed by atoms with Gasteiger partial charge >= 0.3 is 0 Å². The molecule has 0 bridgehead atoms. The lowest BCUT2D eigenvalue weighted by molar-refractivity contribution is -0.120. The summed E-state index contributed by atoms with van der Waals surface area (Å²) in [6, 6.07) is 15.8. The fourth-order valence-electron chi connectivity index (χ4n) is 2.21. The van der Waals surface area contributed by atoms with Crippen molar-refractivity contribution in [2.45, 2.75) is 20.3 Å². The van der Waals surface area contributed by atoms with Crippen molar-refractivity contribution in [3.8, 4) is 5.75 Å². The van der Waals surface area contributed by atoms with Crippen molar-refractivity contribution in [3.63, 3.8) is 0 Å². The van der Waals surface area contributed by atoms with Gasteiger partial charge in [-0.1, -0.05) is 48.5 Å². The van der Waals surface area contributed by atoms with E-state index in [1.54, 1.807) is 0 Å². The summed E-state index contributed by atoms with van der Waals surface area (Å²) in [5.41, 5.74) is 3.25. The zero-order valence-electron chi connectivity index (χ0n) is 12.6. The summed E-state index contributed by atoms with van der Waals surface area (Å²) < 4.78 is 5.75. The molecule has 2 aromatic carbocycles. The average Bonchev–Trinajstić information content (AvgIpc) is 2.47. The van der Waals surface area contributed by atoms with Gasteiger partial charge in [-0.15, -0.1) is 0 Å². The average molecular weight is 283 g/mol. The molecule has 2 aromatic rings. The Bertz CT molecular complexity index is 573. The molecule has 1 amide bonds. The zero-order valence-corrected chi connectivity index (χ0v) is 12.6. The molecule has 0 aliphatic heterocycles. The topological polar surface area (TPSA) is 38.3 Å². The van der Waals surface area contributed by atoms with Gasteiger partial charge in [-0.2, -0.15) is 0 Å². The van der Waals surface area contributed by atoms with E-state index in [4.69, 9.17) is 4.74 Å². The van der Waals surface area contributed by atoms with E-state index in [1.165, 1.54) is 0 Å². The number of benzene rings is 2. The van der Waals surface area contributed by atoms with E-state index < -0.39 is 0 Å². The molecule has 21 heavy (non-hydrogen) atoms. The predicted octanol–water partition coefficient (Wildman–Crippen LogP) is 3.04. The first-order chi connectivity index (χ1) is 10.2. The Morgan fingerprint density at radius 1 is 1.00 bits per heavy atom. The van der Waals surface area contributed by atoms with Crippen LogP contribution in [0.1, 0.15) is 16.7 Å². The highest BCUT2D eigenvalue weighted by molar-refractivity contribution is 5.78. The van der Waals surface area contributed by atoms with Gasteiger partial charge in [0.05, 0.1) is 13.0 Å². The second-order valence-electron chi connectivity index (χ2n) is 5.08. The quantitative estimate of drug-likeness (QED) is 0.828. The van der Waals surface area contributed by atoms with Crippen molar-refractivity contribution in [3.05, 3.63) is 65.2 Å². The van der Waals surface area contributed by atoms with Crippen molar-refractivity contribution in [1.82, 2.24) is 5.32 Å². The van der Waals surface area contributed by atoms with Gasteiger partial charge in [-0.05, 0) is 30.5 Å². The molecule has 3 nitrogen and oxygen atoms in total. The van der Waals surface area contributed by atoms with Crippen molar-refractivity contribution in [1.29, 1.82) is 0 Å². The fraction of sp³-hybridized carbons (Fsp3) is 0.278. The molecule has 0 spiro atoms. The first-order valence-corrected chi connectivity index (χ1v) is 7.16. The number of nitrogens with one attached hydrogen (secondary N) is 1. The molecule has 1 N–H and O–H groups in total. The highest BCUT2D eigenvalue weighted by Crippen LogP contribution is 2.21. The van der Waals surface area contributed by atoms with Crippen LogP contribution in [0.25, 0.3) is 0 Å². The summed E-state index contributed by atoms with van der Waals surface area (Å²) >= 11 is 0. The maximum atomic E-state index is 11.8. The van der Waals surface area contributed by atoms with Crippen LogP contribution < -0.4 is 10.1 Å². The molecule has 110 valence electrons. The zero-order chi connectivity index (χ0) is 15.1. The Balaban J connectivity index is 1.74. The van der Waals surface area contributed by atoms with E-state index in [2.05, 4.69) is 5.32 Å². The van der Waals surface area contributed by atoms with Gasteiger partial charge in [0.1, 0.15) is 12.4 Å². The Labute approximate surface area is 126 Å². The number of hydrogen-bond donors (Lipinski definition) is 1. The summed E-state index contributed by atoms with van der Waals surface area (Å²) in [6.45, 7) is 5.04. The van der Waals surface area contributed by atoms with Crippen LogP contribution in [0.2, 0.25) is 0 Å². The van der Waals surface area contributed by atoms with E-state index in [-0.39, 0.29) is 5.91 Å². The van der Waals surface area contributed by atoms with E-state index in [0.29, 0.717) is 19.6 Å². The Morgan fingerprint density at radius 3 is 2.33 bits per heavy atom. The number of rotatable bonds is 6. The molecule has 0 unspecified atom stereocenters. The van der Waals surface area contributed by atoms with E-state index in [9.17, 15) is 4.79 Å². The van der Waals surface area contributed by atoms with Crippen LogP contribution in [0.5, 0.6) is 5.75 Å². The van der Waals surface area contributed by atoms with E-state index >= 15 is 0 Å². The van der Waals surface area contributed by atoms with Gasteiger partial charge in [0.2, 0.25) is 5.91 Å². The van der Waals surface area contributed by atoms with Gasteiger partial charge in [-0.25, -0.2) is 0 Å². The molecule has 0 saturated carbocycles. The maximum Gasteiger partial charge on any atom is 0.224 e. The van der Waals surface area contributed by atoms with Crippen LogP contribution in [-0.4, -0.2) is 19.1 Å². The predicted molar refractivity (Wildman–Crippen MR) is 84.6 cm³/mol. The molecule has 2 rings (SSSR count). The molecular weight excluding hydrogens is 262 g/mol. The lowest BCUT2D eigenvalue weighted by Crippen LogP contribution is -2.29. The van der Waals surface area contributed by atoms with Crippen LogP contribution in [-0.2, 0) is 11.2 Å². The third-order valence-electron chi connectivity index (χ3n) is 3.29. The normalized spacial score (nSPS) is 10.2. The Hall–Kier alpha value is -2.29. The Kier molecular flexibility index (Phi) is 5.38. The monoisotopic (exact) mass is 283 g/mol. The van der Waals surface area contributed by atoms with Gasteiger partial charge < -0.3 is 10.1 Å². The molecule has 0 aromatic heterocycles. The summed E-state index contributed by atoms with van der Waals surface area (Å²) in [5, 5.41) is 2.88. The molecule has 0 aliphatic carbocycles. The van der Waals surface area contributed by atoms with Crippen LogP contribution >= 0.6 is 0 Å². The summed E-state index contributed by atoms with van der Waals surface area (Å²) in [7, 11) is 0. The molecule has 0 heterocycles. The third-order valence-corrected chi connectivity index (χ3v) is 3.29. The summed E-state index contributed by atoms with van der Waals surface area (Å²) in [4.78, 5) is 11.8. The standard InChI is InChI=1S/C18H21NO2/c1-14-7-6-8-15(2)18(14)21-12-11-19-17(20)13-16-9-4-3-5-10-16/h3-10H,11-13H2,1-2H3,(H,19,20). The van der Waals surface area contributed by atoms with Crippen LogP contribution in [0.4, 0.5) is 0 Å². The van der Waals surface area contributed by atoms with Crippen LogP contribution in [0, 0.1) is 13.8 Å². The maximum absolute atomic E-state index is 11.8. The minimum absolute atomic E-state index is 0.0197. The minimum Gasteiger partial charge on any atom is -0.491 e. The minimum atomic E-state index is 0.0197. The van der Waals surface area contributed by atoms with Crippen molar-refractivity contribution < 1.29 is 9.53 Å². The molecule has 0 atom stereocenters. The van der Waals surface area contributed by atoms with E-state index in [0.717, 1.165) is 22.4 Å². The fourth-order valence-corrected chi connectivity index (χ4v) is 2.21. The molecule has 0 fully saturated rings. The highest BCUT2D eigenvalue weighted by atomic mass is 16.5. The third kappa shape index (κ3) is 4.63. The van der Waals surface area contributed by atoms with Gasteiger partial charge in [0.25, 0.3) is 0 Å². The molecule has 0 saturated heterocycles. The molecule has 0 radical (unpaired) electrons. The van der Waals surface area contributed by atoms with Crippen LogP contribution in [0.3, 0.4) is 0 Å². The van der Waals surface area contributed by atoms with Crippen molar-refractivity contribution in [2.24, 2.45) is 0 Å². The Morgan fingerprint density at radius 2 is 1.67 bits per heavy atom. The number of aryl methyl sites for hydroxylation is 2. The number of ether oxygens (including phenoxy) is 1. The van der Waals surface area contributed by atoms with Gasteiger partial charge in [-0.3, -0.25) is 4.79 Å². The van der Waals surface area contributed by atoms with Gasteiger partial charge in [0, 0.05) is 0 Å². The lowest BCUT2D eigenvalue weighted by atomic mass is 10.1. The smallest absolute Gasteiger partial charge is 0.224 e. The first kappa shape index (κ1) is 15.1. The van der Waals surface area contributed by atoms with E-state index in [1.807, 2.05) is 62.4 Å². The van der Waals surface area contributed by atoms with Crippen molar-refractivity contribution in [2.75, 3.05) is 13.2 Å². The lowest BCUT2D eigenvalue weighted by Gasteiger charge is -2.12. The SMILES string of the molecule is Cc1cccc(C)c1OCCNC(=O)Cc1ccccc1. The summed E-state index contributed by atoms with van der Waals surface area (Å²) in [6.07, 6.45) is 0.407. The largest absolute Gasteiger partial charge is 0.491 e. The summed E-state index contributed by atoms with van der Waals surface area (Å²) in [5.74, 6) is 0.932. The van der Waals surface area contributed by atoms with Gasteiger partial charge in [0.15, 0.2) is 0 Å². The number of carbonyl (C=O) groups excluding carboxylic acids is 1. The second kappa shape index (κ2) is 7.48. The highest BCUT2D eigenvalue weighted by Gasteiger charge is 2.04. The second-order valence-corrected chi connectivity index (χ2v) is 5.08. The first-order valence-electron chi connectivity index (χ1n) is 7.16.